The molecule has 1 rings (SSSR count). The minimum atomic E-state index is -0.179. The van der Waals surface area contributed by atoms with Gasteiger partial charge in [-0.15, -0.1) is 0 Å². The Morgan fingerprint density at radius 3 is 2.73 bits per heavy atom. The van der Waals surface area contributed by atoms with Crippen LogP contribution in [-0.2, 0) is 4.79 Å². The van der Waals surface area contributed by atoms with E-state index in [0.29, 0.717) is 6.61 Å². The third-order valence-corrected chi connectivity index (χ3v) is 2.21. The van der Waals surface area contributed by atoms with Crippen LogP contribution in [0.15, 0.2) is 18.2 Å². The van der Waals surface area contributed by atoms with Crippen molar-refractivity contribution in [3.05, 3.63) is 23.8 Å². The molecule has 3 heteroatoms. The molecule has 0 amide bonds. The zero-order valence-corrected chi connectivity index (χ0v) is 9.32. The number of ether oxygens (including phenoxy) is 2. The normalized spacial score (nSPS) is 11.9. The molecule has 1 atom stereocenters. The van der Waals surface area contributed by atoms with E-state index in [1.807, 2.05) is 32.0 Å². The maximum atomic E-state index is 10.8. The third-order valence-electron chi connectivity index (χ3n) is 2.21. The molecule has 0 heterocycles. The average Bonchev–Trinajstić information content (AvgIpc) is 2.29. The first-order valence-electron chi connectivity index (χ1n) is 4.99. The molecule has 1 aromatic carbocycles. The van der Waals surface area contributed by atoms with E-state index in [1.165, 1.54) is 0 Å². The van der Waals surface area contributed by atoms with Crippen LogP contribution >= 0.6 is 0 Å². The molecule has 0 bridgehead atoms. The van der Waals surface area contributed by atoms with Crippen molar-refractivity contribution in [1.82, 2.24) is 0 Å². The Bertz CT molecular complexity index is 334. The Labute approximate surface area is 90.0 Å². The Kier molecular flexibility index (Phi) is 4.16. The Morgan fingerprint density at radius 2 is 2.20 bits per heavy atom. The third kappa shape index (κ3) is 2.72. The summed E-state index contributed by atoms with van der Waals surface area (Å²) >= 11 is 0. The van der Waals surface area contributed by atoms with Gasteiger partial charge in [0.05, 0.1) is 13.7 Å². The van der Waals surface area contributed by atoms with Gasteiger partial charge in [-0.05, 0) is 25.1 Å². The quantitative estimate of drug-likeness (QED) is 0.697. The van der Waals surface area contributed by atoms with Crippen molar-refractivity contribution in [2.75, 3.05) is 13.7 Å². The molecule has 0 aliphatic rings. The second-order valence-electron chi connectivity index (χ2n) is 3.26. The molecule has 0 spiro atoms. The van der Waals surface area contributed by atoms with Crippen LogP contribution in [-0.4, -0.2) is 20.0 Å². The van der Waals surface area contributed by atoms with Gasteiger partial charge in [0.25, 0.3) is 0 Å². The zero-order valence-electron chi connectivity index (χ0n) is 9.32. The van der Waals surface area contributed by atoms with Crippen molar-refractivity contribution in [3.63, 3.8) is 0 Å². The number of carbonyl (C=O) groups excluding carboxylic acids is 1. The smallest absolute Gasteiger partial charge is 0.127 e. The minimum Gasteiger partial charge on any atom is -0.497 e. The number of hydrogen-bond donors (Lipinski definition) is 0. The number of aldehydes is 1. The van der Waals surface area contributed by atoms with Crippen molar-refractivity contribution in [2.24, 2.45) is 0 Å². The Morgan fingerprint density at radius 1 is 1.47 bits per heavy atom. The van der Waals surface area contributed by atoms with Gasteiger partial charge in [0, 0.05) is 11.5 Å². The lowest BCUT2D eigenvalue weighted by molar-refractivity contribution is -0.108. The molecule has 3 nitrogen and oxygen atoms in total. The highest BCUT2D eigenvalue weighted by molar-refractivity contribution is 5.64. The Balaban J connectivity index is 3.09. The number of rotatable bonds is 5. The minimum absolute atomic E-state index is 0.179. The second-order valence-corrected chi connectivity index (χ2v) is 3.26. The van der Waals surface area contributed by atoms with E-state index in [-0.39, 0.29) is 5.92 Å². The molecule has 0 saturated carbocycles. The van der Waals surface area contributed by atoms with E-state index in [9.17, 15) is 4.79 Å². The summed E-state index contributed by atoms with van der Waals surface area (Å²) in [7, 11) is 1.60. The first-order valence-corrected chi connectivity index (χ1v) is 4.99. The molecular weight excluding hydrogens is 192 g/mol. The predicted molar refractivity (Wildman–Crippen MR) is 58.6 cm³/mol. The first kappa shape index (κ1) is 11.6. The predicted octanol–water partition coefficient (Wildman–Crippen LogP) is 2.40. The zero-order chi connectivity index (χ0) is 11.3. The molecule has 82 valence electrons. The fourth-order valence-corrected chi connectivity index (χ4v) is 1.37. The maximum absolute atomic E-state index is 10.8. The molecule has 0 N–H and O–H groups in total. The molecule has 0 aliphatic carbocycles. The van der Waals surface area contributed by atoms with Crippen molar-refractivity contribution in [1.29, 1.82) is 0 Å². The number of hydrogen-bond acceptors (Lipinski definition) is 3. The van der Waals surface area contributed by atoms with Crippen LogP contribution in [0.5, 0.6) is 11.5 Å². The SMILES string of the molecule is CCOc1ccc(OC)cc1C(C)C=O. The molecule has 1 unspecified atom stereocenters. The Hall–Kier alpha value is -1.51. The maximum Gasteiger partial charge on any atom is 0.127 e. The first-order chi connectivity index (χ1) is 7.22. The molecule has 0 saturated heterocycles. The van der Waals surface area contributed by atoms with Gasteiger partial charge in [-0.2, -0.15) is 0 Å². The summed E-state index contributed by atoms with van der Waals surface area (Å²) < 4.78 is 10.6. The lowest BCUT2D eigenvalue weighted by atomic mass is 10.0. The number of methoxy groups -OCH3 is 1. The largest absolute Gasteiger partial charge is 0.497 e. The van der Waals surface area contributed by atoms with Gasteiger partial charge in [0.1, 0.15) is 17.8 Å². The van der Waals surface area contributed by atoms with Crippen LogP contribution in [0.1, 0.15) is 25.3 Å². The standard InChI is InChI=1S/C12H16O3/c1-4-15-12-6-5-10(14-3)7-11(12)9(2)8-13/h5-9H,4H2,1-3H3. The topological polar surface area (TPSA) is 35.5 Å². The molecular formula is C12H16O3. The van der Waals surface area contributed by atoms with E-state index < -0.39 is 0 Å². The van der Waals surface area contributed by atoms with Crippen molar-refractivity contribution in [3.8, 4) is 11.5 Å². The van der Waals surface area contributed by atoms with Gasteiger partial charge < -0.3 is 14.3 Å². The van der Waals surface area contributed by atoms with Crippen molar-refractivity contribution >= 4 is 6.29 Å². The van der Waals surface area contributed by atoms with Gasteiger partial charge in [0.2, 0.25) is 0 Å². The van der Waals surface area contributed by atoms with Gasteiger partial charge in [-0.3, -0.25) is 0 Å². The second kappa shape index (κ2) is 5.39. The van der Waals surface area contributed by atoms with E-state index in [1.54, 1.807) is 7.11 Å². The summed E-state index contributed by atoms with van der Waals surface area (Å²) in [5.41, 5.74) is 0.867. The van der Waals surface area contributed by atoms with Crippen LogP contribution in [0.4, 0.5) is 0 Å². The van der Waals surface area contributed by atoms with E-state index in [0.717, 1.165) is 23.3 Å². The molecule has 0 aliphatic heterocycles. The average molecular weight is 208 g/mol. The van der Waals surface area contributed by atoms with Gasteiger partial charge in [-0.25, -0.2) is 0 Å². The monoisotopic (exact) mass is 208 g/mol. The van der Waals surface area contributed by atoms with Crippen molar-refractivity contribution < 1.29 is 14.3 Å². The van der Waals surface area contributed by atoms with Crippen LogP contribution in [0.3, 0.4) is 0 Å². The molecule has 1 aromatic rings. The van der Waals surface area contributed by atoms with E-state index >= 15 is 0 Å². The molecule has 0 fully saturated rings. The fourth-order valence-electron chi connectivity index (χ4n) is 1.37. The fraction of sp³-hybridized carbons (Fsp3) is 0.417. The lowest BCUT2D eigenvalue weighted by Gasteiger charge is -2.13. The molecule has 15 heavy (non-hydrogen) atoms. The van der Waals surface area contributed by atoms with Crippen LogP contribution in [0.25, 0.3) is 0 Å². The van der Waals surface area contributed by atoms with Crippen LogP contribution in [0, 0.1) is 0 Å². The van der Waals surface area contributed by atoms with Gasteiger partial charge in [0.15, 0.2) is 0 Å². The number of carbonyl (C=O) groups is 1. The number of benzene rings is 1. The summed E-state index contributed by atoms with van der Waals surface area (Å²) in [6, 6.07) is 5.49. The lowest BCUT2D eigenvalue weighted by Crippen LogP contribution is -2.01. The highest BCUT2D eigenvalue weighted by Gasteiger charge is 2.11. The molecule has 0 aromatic heterocycles. The summed E-state index contributed by atoms with van der Waals surface area (Å²) in [4.78, 5) is 10.8. The summed E-state index contributed by atoms with van der Waals surface area (Å²) in [5.74, 6) is 1.31. The van der Waals surface area contributed by atoms with E-state index in [2.05, 4.69) is 0 Å². The highest BCUT2D eigenvalue weighted by atomic mass is 16.5. The summed E-state index contributed by atoms with van der Waals surface area (Å²) in [6.45, 7) is 4.34. The highest BCUT2D eigenvalue weighted by Crippen LogP contribution is 2.29. The van der Waals surface area contributed by atoms with Gasteiger partial charge in [-0.1, -0.05) is 6.92 Å². The summed E-state index contributed by atoms with van der Waals surface area (Å²) in [5, 5.41) is 0. The van der Waals surface area contributed by atoms with Crippen LogP contribution in [0.2, 0.25) is 0 Å². The summed E-state index contributed by atoms with van der Waals surface area (Å²) in [6.07, 6.45) is 0.900. The van der Waals surface area contributed by atoms with Gasteiger partial charge >= 0.3 is 0 Å². The van der Waals surface area contributed by atoms with Crippen molar-refractivity contribution in [2.45, 2.75) is 19.8 Å². The van der Waals surface area contributed by atoms with E-state index in [4.69, 9.17) is 9.47 Å². The van der Waals surface area contributed by atoms with Crippen LogP contribution < -0.4 is 9.47 Å². The molecule has 0 radical (unpaired) electrons.